The van der Waals surface area contributed by atoms with E-state index in [1.807, 2.05) is 0 Å². The molecule has 2 rings (SSSR count). The Hall–Kier alpha value is -0.780. The van der Waals surface area contributed by atoms with Crippen molar-refractivity contribution in [3.05, 3.63) is 23.4 Å². The molecular weight excluding hydrogens is 260 g/mol. The normalized spacial score (nSPS) is 18.7. The van der Waals surface area contributed by atoms with Gasteiger partial charge in [0.05, 0.1) is 10.0 Å². The van der Waals surface area contributed by atoms with Crippen LogP contribution in [0.15, 0.2) is 23.4 Å². The van der Waals surface area contributed by atoms with Gasteiger partial charge >= 0.3 is 5.97 Å². The number of rotatable bonds is 5. The molecule has 0 radical (unpaired) electrons. The molecule has 1 fully saturated rings. The van der Waals surface area contributed by atoms with E-state index < -0.39 is 11.5 Å². The summed E-state index contributed by atoms with van der Waals surface area (Å²) >= 11 is 7.08. The molecule has 0 saturated heterocycles. The van der Waals surface area contributed by atoms with E-state index in [4.69, 9.17) is 17.3 Å². The molecular formula is C11H13ClN2O2S. The molecule has 0 bridgehead atoms. The van der Waals surface area contributed by atoms with Crippen molar-refractivity contribution in [3.8, 4) is 0 Å². The van der Waals surface area contributed by atoms with Crippen LogP contribution < -0.4 is 5.73 Å². The van der Waals surface area contributed by atoms with Gasteiger partial charge < -0.3 is 10.8 Å². The summed E-state index contributed by atoms with van der Waals surface area (Å²) < 4.78 is 0. The van der Waals surface area contributed by atoms with E-state index in [1.165, 1.54) is 11.8 Å². The molecule has 0 aliphatic heterocycles. The fourth-order valence-electron chi connectivity index (χ4n) is 1.59. The number of carbonyl (C=O) groups is 1. The molecule has 1 aliphatic rings. The zero-order valence-electron chi connectivity index (χ0n) is 9.10. The number of thioether (sulfide) groups is 1. The molecule has 1 unspecified atom stereocenters. The molecule has 0 aromatic carbocycles. The second-order valence-electron chi connectivity index (χ2n) is 4.22. The van der Waals surface area contributed by atoms with Crippen molar-refractivity contribution in [2.45, 2.75) is 23.4 Å². The van der Waals surface area contributed by atoms with E-state index in [1.54, 1.807) is 18.3 Å². The number of hydrogen-bond acceptors (Lipinski definition) is 4. The Morgan fingerprint density at radius 2 is 2.35 bits per heavy atom. The van der Waals surface area contributed by atoms with Gasteiger partial charge in [0.1, 0.15) is 5.54 Å². The Morgan fingerprint density at radius 1 is 1.65 bits per heavy atom. The zero-order chi connectivity index (χ0) is 12.5. The minimum Gasteiger partial charge on any atom is -0.480 e. The van der Waals surface area contributed by atoms with Crippen molar-refractivity contribution in [1.82, 2.24) is 4.98 Å². The van der Waals surface area contributed by atoms with Gasteiger partial charge in [-0.2, -0.15) is 0 Å². The smallest absolute Gasteiger partial charge is 0.324 e. The van der Waals surface area contributed by atoms with Gasteiger partial charge in [-0.1, -0.05) is 11.6 Å². The van der Waals surface area contributed by atoms with Crippen LogP contribution in [0.3, 0.4) is 0 Å². The summed E-state index contributed by atoms with van der Waals surface area (Å²) in [4.78, 5) is 15.3. The SMILES string of the molecule is NC(CSc1ccc(Cl)cn1)(C(=O)O)C1CC1. The lowest BCUT2D eigenvalue weighted by molar-refractivity contribution is -0.143. The van der Waals surface area contributed by atoms with Crippen LogP contribution in [0.25, 0.3) is 0 Å². The fourth-order valence-corrected chi connectivity index (χ4v) is 2.74. The first-order valence-corrected chi connectivity index (χ1v) is 6.65. The molecule has 1 saturated carbocycles. The highest BCUT2D eigenvalue weighted by Gasteiger charge is 2.48. The largest absolute Gasteiger partial charge is 0.480 e. The summed E-state index contributed by atoms with van der Waals surface area (Å²) in [5.74, 6) is -0.497. The molecule has 1 aromatic rings. The van der Waals surface area contributed by atoms with E-state index in [9.17, 15) is 9.90 Å². The summed E-state index contributed by atoms with van der Waals surface area (Å²) in [5, 5.41) is 10.5. The van der Waals surface area contributed by atoms with Crippen molar-refractivity contribution < 1.29 is 9.90 Å². The molecule has 6 heteroatoms. The molecule has 1 heterocycles. The Kier molecular flexibility index (Phi) is 3.61. The number of carboxylic acids is 1. The highest BCUT2D eigenvalue weighted by molar-refractivity contribution is 7.99. The summed E-state index contributed by atoms with van der Waals surface area (Å²) in [6.45, 7) is 0. The number of halogens is 1. The van der Waals surface area contributed by atoms with Gasteiger partial charge in [0.2, 0.25) is 0 Å². The minimum absolute atomic E-state index is 0.0970. The molecule has 1 aliphatic carbocycles. The topological polar surface area (TPSA) is 76.2 Å². The number of carboxylic acid groups (broad SMARTS) is 1. The molecule has 4 nitrogen and oxygen atoms in total. The van der Waals surface area contributed by atoms with Crippen LogP contribution >= 0.6 is 23.4 Å². The average molecular weight is 273 g/mol. The molecule has 17 heavy (non-hydrogen) atoms. The molecule has 92 valence electrons. The van der Waals surface area contributed by atoms with Gasteiger partial charge in [0.25, 0.3) is 0 Å². The van der Waals surface area contributed by atoms with Crippen LogP contribution in [-0.4, -0.2) is 27.4 Å². The van der Waals surface area contributed by atoms with Gasteiger partial charge in [0, 0.05) is 11.9 Å². The van der Waals surface area contributed by atoms with Crippen molar-refractivity contribution in [1.29, 1.82) is 0 Å². The number of aromatic nitrogens is 1. The van der Waals surface area contributed by atoms with E-state index in [2.05, 4.69) is 4.98 Å². The summed E-state index contributed by atoms with van der Waals surface area (Å²) in [6.07, 6.45) is 3.34. The van der Waals surface area contributed by atoms with Crippen LogP contribution in [-0.2, 0) is 4.79 Å². The number of aliphatic carboxylic acids is 1. The maximum atomic E-state index is 11.2. The van der Waals surface area contributed by atoms with Crippen LogP contribution in [0, 0.1) is 5.92 Å². The highest BCUT2D eigenvalue weighted by Crippen LogP contribution is 2.40. The van der Waals surface area contributed by atoms with Gasteiger partial charge in [-0.05, 0) is 30.9 Å². The predicted octanol–water partition coefficient (Wildman–Crippen LogP) is 2.02. The van der Waals surface area contributed by atoms with E-state index >= 15 is 0 Å². The Morgan fingerprint density at radius 3 is 2.82 bits per heavy atom. The van der Waals surface area contributed by atoms with Gasteiger partial charge in [-0.25, -0.2) is 4.98 Å². The zero-order valence-corrected chi connectivity index (χ0v) is 10.7. The number of nitrogens with two attached hydrogens (primary N) is 1. The van der Waals surface area contributed by atoms with Crippen LogP contribution in [0.1, 0.15) is 12.8 Å². The first kappa shape index (κ1) is 12.7. The number of nitrogens with zero attached hydrogens (tertiary/aromatic N) is 1. The lowest BCUT2D eigenvalue weighted by Crippen LogP contribution is -2.52. The number of pyridine rings is 1. The summed E-state index contributed by atoms with van der Waals surface area (Å²) in [6, 6.07) is 3.50. The maximum absolute atomic E-state index is 11.2. The number of hydrogen-bond donors (Lipinski definition) is 2. The second-order valence-corrected chi connectivity index (χ2v) is 5.66. The average Bonchev–Trinajstić information content (AvgIpc) is 3.11. The lowest BCUT2D eigenvalue weighted by Gasteiger charge is -2.23. The van der Waals surface area contributed by atoms with Crippen LogP contribution in [0.5, 0.6) is 0 Å². The molecule has 0 amide bonds. The van der Waals surface area contributed by atoms with Crippen LogP contribution in [0.2, 0.25) is 5.02 Å². The van der Waals surface area contributed by atoms with Crippen molar-refractivity contribution in [2.75, 3.05) is 5.75 Å². The predicted molar refractivity (Wildman–Crippen MR) is 67.2 cm³/mol. The third-order valence-corrected chi connectivity index (χ3v) is 4.25. The third kappa shape index (κ3) is 2.91. The van der Waals surface area contributed by atoms with Crippen molar-refractivity contribution >= 4 is 29.3 Å². The van der Waals surface area contributed by atoms with Gasteiger partial charge in [-0.15, -0.1) is 11.8 Å². The molecule has 0 spiro atoms. The quantitative estimate of drug-likeness (QED) is 0.802. The van der Waals surface area contributed by atoms with Crippen molar-refractivity contribution in [3.63, 3.8) is 0 Å². The second kappa shape index (κ2) is 4.84. The van der Waals surface area contributed by atoms with Gasteiger partial charge in [-0.3, -0.25) is 4.79 Å². The monoisotopic (exact) mass is 272 g/mol. The molecule has 1 aromatic heterocycles. The fraction of sp³-hybridized carbons (Fsp3) is 0.455. The van der Waals surface area contributed by atoms with Crippen LogP contribution in [0.4, 0.5) is 0 Å². The minimum atomic E-state index is -1.13. The summed E-state index contributed by atoms with van der Waals surface area (Å²) in [7, 11) is 0. The standard InChI is InChI=1S/C11H13ClN2O2S/c12-8-3-4-9(14-5-8)17-6-11(13,10(15)16)7-1-2-7/h3-5,7H,1-2,6,13H2,(H,15,16). The van der Waals surface area contributed by atoms with E-state index in [0.29, 0.717) is 10.8 Å². The van der Waals surface area contributed by atoms with E-state index in [0.717, 1.165) is 17.9 Å². The Balaban J connectivity index is 2.00. The van der Waals surface area contributed by atoms with Gasteiger partial charge in [0.15, 0.2) is 0 Å². The van der Waals surface area contributed by atoms with E-state index in [-0.39, 0.29) is 5.92 Å². The maximum Gasteiger partial charge on any atom is 0.324 e. The lowest BCUT2D eigenvalue weighted by atomic mass is 9.98. The molecule has 3 N–H and O–H groups in total. The molecule has 1 atom stereocenters. The van der Waals surface area contributed by atoms with Crippen molar-refractivity contribution in [2.24, 2.45) is 11.7 Å². The Bertz CT molecular complexity index is 422. The first-order chi connectivity index (χ1) is 8.02. The third-order valence-electron chi connectivity index (χ3n) is 2.86. The summed E-state index contributed by atoms with van der Waals surface area (Å²) in [5.41, 5.74) is 4.82. The highest BCUT2D eigenvalue weighted by atomic mass is 35.5. The first-order valence-electron chi connectivity index (χ1n) is 5.29. The Labute approximate surface area is 109 Å².